The van der Waals surface area contributed by atoms with Crippen molar-refractivity contribution < 1.29 is 4.74 Å². The van der Waals surface area contributed by atoms with Gasteiger partial charge in [0.05, 0.1) is 13.7 Å². The van der Waals surface area contributed by atoms with E-state index in [0.717, 1.165) is 30.0 Å². The fourth-order valence-corrected chi connectivity index (χ4v) is 3.04. The van der Waals surface area contributed by atoms with Gasteiger partial charge in [0.25, 0.3) is 0 Å². The summed E-state index contributed by atoms with van der Waals surface area (Å²) in [5.74, 6) is 1.43. The van der Waals surface area contributed by atoms with Crippen LogP contribution in [0.15, 0.2) is 23.2 Å². The van der Waals surface area contributed by atoms with Crippen LogP contribution in [0.5, 0.6) is 5.75 Å². The Morgan fingerprint density at radius 1 is 1.48 bits per heavy atom. The van der Waals surface area contributed by atoms with Crippen LogP contribution in [0, 0.1) is 6.92 Å². The first-order valence-corrected chi connectivity index (χ1v) is 8.05. The molecule has 0 radical (unpaired) electrons. The van der Waals surface area contributed by atoms with Gasteiger partial charge in [0.15, 0.2) is 5.96 Å². The highest BCUT2D eigenvalue weighted by molar-refractivity contribution is 14.0. The Labute approximate surface area is 156 Å². The number of hydrogen-bond donors (Lipinski definition) is 2. The zero-order chi connectivity index (χ0) is 15.9. The quantitative estimate of drug-likeness (QED) is 0.412. The average Bonchev–Trinajstić information content (AvgIpc) is 2.98. The molecule has 130 valence electrons. The lowest BCUT2D eigenvalue weighted by atomic mass is 10.1. The zero-order valence-electron chi connectivity index (χ0n) is 14.3. The van der Waals surface area contributed by atoms with Crippen LogP contribution in [0.1, 0.15) is 30.9 Å². The minimum atomic E-state index is 0. The molecule has 1 atom stereocenters. The van der Waals surface area contributed by atoms with Crippen LogP contribution >= 0.6 is 24.0 Å². The molecular formula is C17H29IN4O. The Kier molecular flexibility index (Phi) is 8.68. The third kappa shape index (κ3) is 5.84. The van der Waals surface area contributed by atoms with Gasteiger partial charge in [-0.1, -0.05) is 19.1 Å². The van der Waals surface area contributed by atoms with Gasteiger partial charge in [-0.15, -0.1) is 24.0 Å². The summed E-state index contributed by atoms with van der Waals surface area (Å²) in [4.78, 5) is 6.92. The predicted molar refractivity (Wildman–Crippen MR) is 107 cm³/mol. The number of halogens is 1. The normalized spacial score (nSPS) is 18.6. The number of guanidine groups is 1. The molecule has 5 nitrogen and oxygen atoms in total. The number of methoxy groups -OCH3 is 1. The van der Waals surface area contributed by atoms with Crippen molar-refractivity contribution >= 4 is 29.9 Å². The number of nitrogens with two attached hydrogens (primary N) is 1. The fourth-order valence-electron chi connectivity index (χ4n) is 3.04. The molecular weight excluding hydrogens is 403 g/mol. The lowest BCUT2D eigenvalue weighted by Gasteiger charge is -2.23. The van der Waals surface area contributed by atoms with Crippen molar-refractivity contribution in [2.24, 2.45) is 10.7 Å². The number of rotatable bonds is 6. The SMILES string of the molecule is CCN1CCCC1CNC(N)=NCc1ccc(OC)c(C)c1.I. The largest absolute Gasteiger partial charge is 0.496 e. The molecule has 0 aliphatic carbocycles. The van der Waals surface area contributed by atoms with Crippen molar-refractivity contribution in [3.05, 3.63) is 29.3 Å². The monoisotopic (exact) mass is 432 g/mol. The van der Waals surface area contributed by atoms with E-state index in [2.05, 4.69) is 28.2 Å². The number of nitrogens with one attached hydrogen (secondary N) is 1. The summed E-state index contributed by atoms with van der Waals surface area (Å²) in [7, 11) is 1.69. The molecule has 1 heterocycles. The Balaban J connectivity index is 0.00000264. The van der Waals surface area contributed by atoms with Crippen LogP contribution in [-0.4, -0.2) is 43.6 Å². The molecule has 1 aliphatic heterocycles. The van der Waals surface area contributed by atoms with Crippen LogP contribution in [0.4, 0.5) is 0 Å². The average molecular weight is 432 g/mol. The summed E-state index contributed by atoms with van der Waals surface area (Å²) >= 11 is 0. The molecule has 23 heavy (non-hydrogen) atoms. The molecule has 0 saturated carbocycles. The van der Waals surface area contributed by atoms with E-state index in [-0.39, 0.29) is 24.0 Å². The third-order valence-electron chi connectivity index (χ3n) is 4.32. The number of benzene rings is 1. The van der Waals surface area contributed by atoms with Crippen LogP contribution in [0.2, 0.25) is 0 Å². The van der Waals surface area contributed by atoms with E-state index in [1.54, 1.807) is 7.11 Å². The Morgan fingerprint density at radius 3 is 2.91 bits per heavy atom. The minimum absolute atomic E-state index is 0. The first-order valence-electron chi connectivity index (χ1n) is 8.05. The molecule has 1 aromatic carbocycles. The highest BCUT2D eigenvalue weighted by Crippen LogP contribution is 2.19. The van der Waals surface area contributed by atoms with Gasteiger partial charge in [-0.3, -0.25) is 4.90 Å². The molecule has 1 unspecified atom stereocenters. The van der Waals surface area contributed by atoms with Crippen molar-refractivity contribution in [3.8, 4) is 5.75 Å². The summed E-state index contributed by atoms with van der Waals surface area (Å²) in [6.45, 7) is 8.02. The van der Waals surface area contributed by atoms with Crippen molar-refractivity contribution in [2.75, 3.05) is 26.7 Å². The maximum Gasteiger partial charge on any atom is 0.188 e. The van der Waals surface area contributed by atoms with E-state index in [4.69, 9.17) is 10.5 Å². The van der Waals surface area contributed by atoms with Crippen molar-refractivity contribution in [2.45, 2.75) is 39.3 Å². The second-order valence-corrected chi connectivity index (χ2v) is 5.81. The second-order valence-electron chi connectivity index (χ2n) is 5.81. The van der Waals surface area contributed by atoms with E-state index in [1.807, 2.05) is 19.1 Å². The maximum atomic E-state index is 5.98. The van der Waals surface area contributed by atoms with Gasteiger partial charge in [0.2, 0.25) is 0 Å². The Bertz CT molecular complexity index is 521. The molecule has 1 aliphatic rings. The number of likely N-dealkylation sites (tertiary alicyclic amines) is 1. The summed E-state index contributed by atoms with van der Waals surface area (Å²) in [5.41, 5.74) is 8.23. The highest BCUT2D eigenvalue weighted by Gasteiger charge is 2.22. The molecule has 0 amide bonds. The molecule has 3 N–H and O–H groups in total. The van der Waals surface area contributed by atoms with Crippen LogP contribution < -0.4 is 15.8 Å². The fraction of sp³-hybridized carbons (Fsp3) is 0.588. The van der Waals surface area contributed by atoms with Gasteiger partial charge < -0.3 is 15.8 Å². The highest BCUT2D eigenvalue weighted by atomic mass is 127. The molecule has 1 saturated heterocycles. The lowest BCUT2D eigenvalue weighted by molar-refractivity contribution is 0.267. The zero-order valence-corrected chi connectivity index (χ0v) is 16.7. The van der Waals surface area contributed by atoms with Crippen LogP contribution in [0.25, 0.3) is 0 Å². The molecule has 6 heteroatoms. The first-order chi connectivity index (χ1) is 10.6. The molecule has 1 fully saturated rings. The first kappa shape index (κ1) is 20.0. The number of likely N-dealkylation sites (N-methyl/N-ethyl adjacent to an activating group) is 1. The van der Waals surface area contributed by atoms with E-state index < -0.39 is 0 Å². The number of ether oxygens (including phenoxy) is 1. The maximum absolute atomic E-state index is 5.98. The predicted octanol–water partition coefficient (Wildman–Crippen LogP) is 2.51. The van der Waals surface area contributed by atoms with Crippen molar-refractivity contribution in [1.29, 1.82) is 0 Å². The van der Waals surface area contributed by atoms with Crippen molar-refractivity contribution in [1.82, 2.24) is 10.2 Å². The van der Waals surface area contributed by atoms with Crippen LogP contribution in [0.3, 0.4) is 0 Å². The van der Waals surface area contributed by atoms with Gasteiger partial charge in [0.1, 0.15) is 5.75 Å². The second kappa shape index (κ2) is 9.97. The molecule has 0 spiro atoms. The van der Waals surface area contributed by atoms with E-state index >= 15 is 0 Å². The molecule has 0 bridgehead atoms. The van der Waals surface area contributed by atoms with E-state index in [1.165, 1.54) is 19.4 Å². The Morgan fingerprint density at radius 2 is 2.26 bits per heavy atom. The van der Waals surface area contributed by atoms with Gasteiger partial charge in [-0.25, -0.2) is 4.99 Å². The van der Waals surface area contributed by atoms with E-state index in [0.29, 0.717) is 18.5 Å². The lowest BCUT2D eigenvalue weighted by Crippen LogP contribution is -2.42. The van der Waals surface area contributed by atoms with Gasteiger partial charge in [-0.2, -0.15) is 0 Å². The number of nitrogens with zero attached hydrogens (tertiary/aromatic N) is 2. The standard InChI is InChI=1S/C17H28N4O.HI/c1-4-21-9-5-6-15(21)12-20-17(18)19-11-14-7-8-16(22-3)13(2)10-14;/h7-8,10,15H,4-6,9,11-12H2,1-3H3,(H3,18,19,20);1H. The summed E-state index contributed by atoms with van der Waals surface area (Å²) in [6, 6.07) is 6.67. The van der Waals surface area contributed by atoms with Gasteiger partial charge in [-0.05, 0) is 50.0 Å². The van der Waals surface area contributed by atoms with E-state index in [9.17, 15) is 0 Å². The summed E-state index contributed by atoms with van der Waals surface area (Å²) < 4.78 is 5.26. The summed E-state index contributed by atoms with van der Waals surface area (Å²) in [6.07, 6.45) is 2.52. The van der Waals surface area contributed by atoms with Gasteiger partial charge in [0, 0.05) is 12.6 Å². The van der Waals surface area contributed by atoms with Gasteiger partial charge >= 0.3 is 0 Å². The number of hydrogen-bond acceptors (Lipinski definition) is 3. The number of aryl methyl sites for hydroxylation is 1. The summed E-state index contributed by atoms with van der Waals surface area (Å²) in [5, 5.41) is 3.26. The minimum Gasteiger partial charge on any atom is -0.496 e. The van der Waals surface area contributed by atoms with Crippen molar-refractivity contribution in [3.63, 3.8) is 0 Å². The van der Waals surface area contributed by atoms with Crippen LogP contribution in [-0.2, 0) is 6.54 Å². The molecule has 2 rings (SSSR count). The third-order valence-corrected chi connectivity index (χ3v) is 4.32. The Hall–Kier alpha value is -1.02. The number of aliphatic imine (C=N–C) groups is 1. The molecule has 0 aromatic heterocycles. The molecule has 1 aromatic rings. The smallest absolute Gasteiger partial charge is 0.188 e. The topological polar surface area (TPSA) is 62.9 Å².